The zero-order valence-electron chi connectivity index (χ0n) is 17.1. The van der Waals surface area contributed by atoms with Gasteiger partial charge in [0.15, 0.2) is 11.5 Å². The number of amides is 1. The average molecular weight is 474 g/mol. The number of aliphatic hydroxyl groups excluding tert-OH is 1. The molecule has 1 saturated heterocycles. The number of aliphatic hydroxyl groups is 1. The van der Waals surface area contributed by atoms with Crippen molar-refractivity contribution in [1.29, 1.82) is 0 Å². The Kier molecular flexibility index (Phi) is 6.82. The second-order valence-corrected chi connectivity index (χ2v) is 7.88. The first-order valence-corrected chi connectivity index (χ1v) is 10.5. The number of methoxy groups -OCH3 is 2. The van der Waals surface area contributed by atoms with Gasteiger partial charge >= 0.3 is 0 Å². The molecule has 158 valence electrons. The van der Waals surface area contributed by atoms with Crippen molar-refractivity contribution in [1.82, 2.24) is 4.90 Å². The number of carbonyl (C=O) groups excluding carboxylic acids is 2. The Balaban J connectivity index is 2.18. The van der Waals surface area contributed by atoms with Crippen LogP contribution < -0.4 is 9.47 Å². The Morgan fingerprint density at radius 1 is 1.07 bits per heavy atom. The molecule has 0 radical (unpaired) electrons. The number of ketones is 1. The Hall–Kier alpha value is -2.80. The van der Waals surface area contributed by atoms with Crippen molar-refractivity contribution in [2.45, 2.75) is 25.8 Å². The highest BCUT2D eigenvalue weighted by atomic mass is 79.9. The minimum Gasteiger partial charge on any atom is -0.507 e. The van der Waals surface area contributed by atoms with Crippen LogP contribution >= 0.6 is 15.9 Å². The highest BCUT2D eigenvalue weighted by Crippen LogP contribution is 2.42. The number of hydrogen-bond donors (Lipinski definition) is 1. The van der Waals surface area contributed by atoms with E-state index in [4.69, 9.17) is 9.47 Å². The molecular formula is C23H24BrNO5. The molecule has 7 heteroatoms. The zero-order chi connectivity index (χ0) is 21.8. The van der Waals surface area contributed by atoms with Gasteiger partial charge in [-0.05, 0) is 36.2 Å². The number of unbranched alkanes of at least 4 members (excludes halogenated alkanes) is 1. The van der Waals surface area contributed by atoms with E-state index in [1.165, 1.54) is 12.0 Å². The molecule has 6 nitrogen and oxygen atoms in total. The van der Waals surface area contributed by atoms with E-state index in [0.717, 1.165) is 17.3 Å². The topological polar surface area (TPSA) is 76.1 Å². The van der Waals surface area contributed by atoms with E-state index in [1.807, 2.05) is 6.92 Å². The van der Waals surface area contributed by atoms with Crippen LogP contribution in [0.2, 0.25) is 0 Å². The lowest BCUT2D eigenvalue weighted by molar-refractivity contribution is -0.139. The summed E-state index contributed by atoms with van der Waals surface area (Å²) in [4.78, 5) is 27.3. The average Bonchev–Trinajstić information content (AvgIpc) is 3.01. The normalized spacial score (nSPS) is 18.0. The molecule has 30 heavy (non-hydrogen) atoms. The lowest BCUT2D eigenvalue weighted by Crippen LogP contribution is -2.30. The molecule has 2 aromatic carbocycles. The Morgan fingerprint density at radius 3 is 2.33 bits per heavy atom. The number of Topliss-reactive ketones (excluding diaryl/α,β-unsaturated/α-hetero) is 1. The second kappa shape index (κ2) is 9.34. The SMILES string of the molecule is CCCCN1C(=O)C(=O)/C(=C(\O)c2ccc(Br)cc2)C1c1ccc(OC)c(OC)c1. The first-order chi connectivity index (χ1) is 14.4. The highest BCUT2D eigenvalue weighted by molar-refractivity contribution is 9.10. The molecule has 1 N–H and O–H groups in total. The number of carbonyl (C=O) groups is 2. The molecule has 1 aliphatic heterocycles. The number of nitrogens with zero attached hydrogens (tertiary/aromatic N) is 1. The molecule has 0 aromatic heterocycles. The van der Waals surface area contributed by atoms with E-state index in [0.29, 0.717) is 29.2 Å². The third-order valence-corrected chi connectivity index (χ3v) is 5.66. The first-order valence-electron chi connectivity index (χ1n) is 9.69. The monoisotopic (exact) mass is 473 g/mol. The number of ether oxygens (including phenoxy) is 2. The molecule has 3 rings (SSSR count). The summed E-state index contributed by atoms with van der Waals surface area (Å²) in [5, 5.41) is 11.0. The molecule has 0 aliphatic carbocycles. The second-order valence-electron chi connectivity index (χ2n) is 6.97. The van der Waals surface area contributed by atoms with Gasteiger partial charge < -0.3 is 19.5 Å². The Morgan fingerprint density at radius 2 is 1.73 bits per heavy atom. The van der Waals surface area contributed by atoms with Crippen LogP contribution in [-0.4, -0.2) is 42.5 Å². The summed E-state index contributed by atoms with van der Waals surface area (Å²) in [5.41, 5.74) is 1.21. The molecule has 0 saturated carbocycles. The minimum atomic E-state index is -0.708. The molecule has 2 aromatic rings. The fourth-order valence-electron chi connectivity index (χ4n) is 3.57. The summed E-state index contributed by atoms with van der Waals surface area (Å²) >= 11 is 3.36. The number of rotatable bonds is 7. The van der Waals surface area contributed by atoms with E-state index >= 15 is 0 Å². The van der Waals surface area contributed by atoms with Crippen molar-refractivity contribution in [3.05, 3.63) is 63.6 Å². The third kappa shape index (κ3) is 4.07. The Bertz CT molecular complexity index is 984. The standard InChI is InChI=1S/C23H24BrNO5/c1-4-5-12-25-20(15-8-11-17(29-2)18(13-15)30-3)19(22(27)23(25)28)21(26)14-6-9-16(24)10-7-14/h6-11,13,20,26H,4-5,12H2,1-3H3/b21-19-. The third-order valence-electron chi connectivity index (χ3n) is 5.13. The van der Waals surface area contributed by atoms with Gasteiger partial charge in [-0.15, -0.1) is 0 Å². The van der Waals surface area contributed by atoms with Crippen molar-refractivity contribution < 1.29 is 24.2 Å². The van der Waals surface area contributed by atoms with E-state index < -0.39 is 17.7 Å². The predicted octanol–water partition coefficient (Wildman–Crippen LogP) is 4.69. The fourth-order valence-corrected chi connectivity index (χ4v) is 3.84. The molecule has 0 spiro atoms. The van der Waals surface area contributed by atoms with Gasteiger partial charge in [0.2, 0.25) is 0 Å². The largest absolute Gasteiger partial charge is 0.507 e. The van der Waals surface area contributed by atoms with Crippen molar-refractivity contribution in [3.8, 4) is 11.5 Å². The van der Waals surface area contributed by atoms with Gasteiger partial charge in [-0.2, -0.15) is 0 Å². The van der Waals surface area contributed by atoms with Gasteiger partial charge in [-0.25, -0.2) is 0 Å². The van der Waals surface area contributed by atoms with Crippen LogP contribution in [0.3, 0.4) is 0 Å². The summed E-state index contributed by atoms with van der Waals surface area (Å²) in [7, 11) is 3.07. The number of hydrogen-bond acceptors (Lipinski definition) is 5. The van der Waals surface area contributed by atoms with Crippen LogP contribution in [0.1, 0.15) is 36.9 Å². The summed E-state index contributed by atoms with van der Waals surface area (Å²) in [6, 6.07) is 11.5. The number of likely N-dealkylation sites (tertiary alicyclic amines) is 1. The lowest BCUT2D eigenvalue weighted by Gasteiger charge is -2.25. The molecule has 0 bridgehead atoms. The maximum absolute atomic E-state index is 12.9. The predicted molar refractivity (Wildman–Crippen MR) is 118 cm³/mol. The molecule has 1 heterocycles. The molecule has 1 amide bonds. The van der Waals surface area contributed by atoms with Crippen molar-refractivity contribution >= 4 is 33.4 Å². The van der Waals surface area contributed by atoms with Crippen LogP contribution in [0, 0.1) is 0 Å². The highest BCUT2D eigenvalue weighted by Gasteiger charge is 2.45. The first kappa shape index (κ1) is 21.9. The van der Waals surface area contributed by atoms with Crippen LogP contribution in [0.4, 0.5) is 0 Å². The van der Waals surface area contributed by atoms with Crippen LogP contribution in [0.5, 0.6) is 11.5 Å². The van der Waals surface area contributed by atoms with Gasteiger partial charge in [-0.3, -0.25) is 9.59 Å². The summed E-state index contributed by atoms with van der Waals surface area (Å²) < 4.78 is 11.6. The lowest BCUT2D eigenvalue weighted by atomic mass is 9.95. The smallest absolute Gasteiger partial charge is 0.295 e. The maximum atomic E-state index is 12.9. The molecule has 1 aliphatic rings. The molecule has 1 fully saturated rings. The number of halogens is 1. The molecular weight excluding hydrogens is 450 g/mol. The Labute approximate surface area is 184 Å². The summed E-state index contributed by atoms with van der Waals surface area (Å²) in [6.45, 7) is 2.43. The van der Waals surface area contributed by atoms with E-state index in [2.05, 4.69) is 15.9 Å². The van der Waals surface area contributed by atoms with Gasteiger partial charge in [0.25, 0.3) is 11.7 Å². The van der Waals surface area contributed by atoms with Gasteiger partial charge in [-0.1, -0.05) is 47.5 Å². The fraction of sp³-hybridized carbons (Fsp3) is 0.304. The van der Waals surface area contributed by atoms with Gasteiger partial charge in [0.05, 0.1) is 25.8 Å². The van der Waals surface area contributed by atoms with Crippen LogP contribution in [-0.2, 0) is 9.59 Å². The van der Waals surface area contributed by atoms with Crippen molar-refractivity contribution in [3.63, 3.8) is 0 Å². The minimum absolute atomic E-state index is 0.0747. The van der Waals surface area contributed by atoms with Crippen LogP contribution in [0.15, 0.2) is 52.5 Å². The zero-order valence-corrected chi connectivity index (χ0v) is 18.7. The van der Waals surface area contributed by atoms with E-state index in [1.54, 1.807) is 49.6 Å². The van der Waals surface area contributed by atoms with E-state index in [9.17, 15) is 14.7 Å². The quantitative estimate of drug-likeness (QED) is 0.358. The number of benzene rings is 2. The summed E-state index contributed by atoms with van der Waals surface area (Å²) in [6.07, 6.45) is 1.61. The molecule has 1 unspecified atom stereocenters. The van der Waals surface area contributed by atoms with Gasteiger partial charge in [0, 0.05) is 16.6 Å². The van der Waals surface area contributed by atoms with Crippen LogP contribution in [0.25, 0.3) is 5.76 Å². The van der Waals surface area contributed by atoms with Crippen molar-refractivity contribution in [2.75, 3.05) is 20.8 Å². The van der Waals surface area contributed by atoms with E-state index in [-0.39, 0.29) is 11.3 Å². The summed E-state index contributed by atoms with van der Waals surface area (Å²) in [5.74, 6) is -0.466. The maximum Gasteiger partial charge on any atom is 0.295 e. The molecule has 1 atom stereocenters. The van der Waals surface area contributed by atoms with Gasteiger partial charge in [0.1, 0.15) is 5.76 Å². The van der Waals surface area contributed by atoms with Crippen molar-refractivity contribution in [2.24, 2.45) is 0 Å².